The van der Waals surface area contributed by atoms with Gasteiger partial charge in [-0.1, -0.05) is 24.0 Å². The van der Waals surface area contributed by atoms with Crippen LogP contribution in [0.5, 0.6) is 0 Å². The molecule has 0 saturated carbocycles. The van der Waals surface area contributed by atoms with E-state index in [-0.39, 0.29) is 18.4 Å². The summed E-state index contributed by atoms with van der Waals surface area (Å²) in [6.07, 6.45) is 6.67. The molecule has 3 aromatic rings. The number of hydrogen-bond donors (Lipinski definition) is 0. The third kappa shape index (κ3) is 7.43. The molecule has 1 aromatic heterocycles. The Labute approximate surface area is 242 Å². The Morgan fingerprint density at radius 1 is 0.976 bits per heavy atom. The van der Waals surface area contributed by atoms with Crippen molar-refractivity contribution in [3.05, 3.63) is 89.0 Å². The Kier molecular flexibility index (Phi) is 9.08. The van der Waals surface area contributed by atoms with E-state index in [1.807, 2.05) is 43.6 Å². The average molecular weight is 555 g/mol. The smallest absolute Gasteiger partial charge is 0.216 e. The van der Waals surface area contributed by atoms with Crippen molar-refractivity contribution in [1.29, 1.82) is 0 Å². The second-order valence-corrected chi connectivity index (χ2v) is 10.8. The maximum absolute atomic E-state index is 6.13. The van der Waals surface area contributed by atoms with Crippen LogP contribution in [-0.2, 0) is 32.0 Å². The number of aromatic nitrogens is 2. The Morgan fingerprint density at radius 3 is 2.46 bits per heavy atom. The molecular formula is C33H38N4O4. The highest BCUT2D eigenvalue weighted by Crippen LogP contribution is 2.24. The van der Waals surface area contributed by atoms with Gasteiger partial charge in [0.05, 0.1) is 13.2 Å². The summed E-state index contributed by atoms with van der Waals surface area (Å²) >= 11 is 0. The molecule has 4 heterocycles. The molecule has 3 atom stereocenters. The molecule has 3 aliphatic rings. The Hall–Kier alpha value is -3.48. The Balaban J connectivity index is 1.03. The van der Waals surface area contributed by atoms with E-state index >= 15 is 0 Å². The van der Waals surface area contributed by atoms with Crippen LogP contribution >= 0.6 is 0 Å². The summed E-state index contributed by atoms with van der Waals surface area (Å²) < 4.78 is 25.4. The average Bonchev–Trinajstić information content (AvgIpc) is 3.68. The van der Waals surface area contributed by atoms with Gasteiger partial charge in [0.15, 0.2) is 6.29 Å². The van der Waals surface area contributed by atoms with Gasteiger partial charge in [0, 0.05) is 61.9 Å². The highest BCUT2D eigenvalue weighted by Gasteiger charge is 2.25. The van der Waals surface area contributed by atoms with Gasteiger partial charge in [-0.2, -0.15) is 0 Å². The minimum atomic E-state index is -0.152. The fourth-order valence-corrected chi connectivity index (χ4v) is 5.39. The molecule has 0 radical (unpaired) electrons. The summed E-state index contributed by atoms with van der Waals surface area (Å²) in [4.78, 5) is 11.8. The molecule has 0 aliphatic carbocycles. The van der Waals surface area contributed by atoms with Crippen molar-refractivity contribution >= 4 is 5.90 Å². The van der Waals surface area contributed by atoms with Crippen molar-refractivity contribution in [1.82, 2.24) is 14.5 Å². The zero-order valence-corrected chi connectivity index (χ0v) is 23.7. The van der Waals surface area contributed by atoms with Crippen LogP contribution in [0.1, 0.15) is 60.4 Å². The highest BCUT2D eigenvalue weighted by atomic mass is 16.7. The topological polar surface area (TPSA) is 70.3 Å². The Bertz CT molecular complexity index is 1360. The normalized spacial score (nSPS) is 21.9. The lowest BCUT2D eigenvalue weighted by molar-refractivity contribution is -0.188. The molecule has 41 heavy (non-hydrogen) atoms. The number of benzene rings is 2. The lowest BCUT2D eigenvalue weighted by atomic mass is 10.1. The largest absolute Gasteiger partial charge is 0.475 e. The minimum absolute atomic E-state index is 0.0155. The van der Waals surface area contributed by atoms with E-state index in [1.54, 1.807) is 0 Å². The summed E-state index contributed by atoms with van der Waals surface area (Å²) in [6, 6.07) is 16.6. The second kappa shape index (κ2) is 13.5. The van der Waals surface area contributed by atoms with Crippen LogP contribution in [0.25, 0.3) is 0 Å². The molecule has 0 amide bonds. The first-order valence-corrected chi connectivity index (χ1v) is 14.7. The van der Waals surface area contributed by atoms with Crippen LogP contribution in [0.4, 0.5) is 0 Å². The van der Waals surface area contributed by atoms with Crippen molar-refractivity contribution in [3.63, 3.8) is 0 Å². The van der Waals surface area contributed by atoms with Gasteiger partial charge in [-0.3, -0.25) is 4.90 Å². The van der Waals surface area contributed by atoms with Gasteiger partial charge >= 0.3 is 0 Å². The summed E-state index contributed by atoms with van der Waals surface area (Å²) in [5, 5.41) is 0. The monoisotopic (exact) mass is 554 g/mol. The van der Waals surface area contributed by atoms with Crippen LogP contribution in [0, 0.1) is 11.8 Å². The molecule has 8 nitrogen and oxygen atoms in total. The first-order chi connectivity index (χ1) is 20.2. The first-order valence-electron chi connectivity index (χ1n) is 14.7. The molecule has 0 spiro atoms. The van der Waals surface area contributed by atoms with Crippen molar-refractivity contribution in [2.45, 2.75) is 57.7 Å². The van der Waals surface area contributed by atoms with E-state index < -0.39 is 0 Å². The number of nitrogens with zero attached hydrogens (tertiary/aromatic N) is 4. The fourth-order valence-electron chi connectivity index (χ4n) is 5.39. The summed E-state index contributed by atoms with van der Waals surface area (Å²) in [7, 11) is 0. The minimum Gasteiger partial charge on any atom is -0.475 e. The SMILES string of the molecule is C[C@H](OC1CCCCO1)c1nccn1CC1COC(c2ccc(C#Cc3ccc(CN4CCOCC4)cc3)cc2)=N1. The number of morpholine rings is 1. The van der Waals surface area contributed by atoms with Gasteiger partial charge < -0.3 is 23.5 Å². The van der Waals surface area contributed by atoms with E-state index in [0.717, 1.165) is 81.2 Å². The van der Waals surface area contributed by atoms with Crippen LogP contribution in [0.3, 0.4) is 0 Å². The molecular weight excluding hydrogens is 516 g/mol. The lowest BCUT2D eigenvalue weighted by Crippen LogP contribution is -2.35. The van der Waals surface area contributed by atoms with Crippen molar-refractivity contribution in [2.24, 2.45) is 4.99 Å². The lowest BCUT2D eigenvalue weighted by Gasteiger charge is -2.26. The quantitative estimate of drug-likeness (QED) is 0.380. The number of imidazole rings is 1. The van der Waals surface area contributed by atoms with E-state index in [1.165, 1.54) is 5.56 Å². The zero-order valence-electron chi connectivity index (χ0n) is 23.7. The third-order valence-corrected chi connectivity index (χ3v) is 7.67. The maximum atomic E-state index is 6.13. The fraction of sp³-hybridized carbons (Fsp3) is 0.455. The molecule has 2 saturated heterocycles. The molecule has 214 valence electrons. The molecule has 0 bridgehead atoms. The summed E-state index contributed by atoms with van der Waals surface area (Å²) in [5.41, 5.74) is 4.23. The third-order valence-electron chi connectivity index (χ3n) is 7.67. The summed E-state index contributed by atoms with van der Waals surface area (Å²) in [5.74, 6) is 8.12. The van der Waals surface area contributed by atoms with Gasteiger partial charge in [-0.25, -0.2) is 9.98 Å². The molecule has 0 N–H and O–H groups in total. The molecule has 8 heteroatoms. The van der Waals surface area contributed by atoms with Gasteiger partial charge in [-0.15, -0.1) is 0 Å². The van der Waals surface area contributed by atoms with Gasteiger partial charge in [-0.05, 0) is 68.1 Å². The number of rotatable bonds is 8. The molecule has 2 fully saturated rings. The van der Waals surface area contributed by atoms with E-state index in [9.17, 15) is 0 Å². The predicted molar refractivity (Wildman–Crippen MR) is 157 cm³/mol. The summed E-state index contributed by atoms with van der Waals surface area (Å²) in [6.45, 7) is 8.60. The first kappa shape index (κ1) is 27.7. The second-order valence-electron chi connectivity index (χ2n) is 10.8. The highest BCUT2D eigenvalue weighted by molar-refractivity contribution is 5.95. The Morgan fingerprint density at radius 2 is 1.73 bits per heavy atom. The molecule has 3 aliphatic heterocycles. The van der Waals surface area contributed by atoms with Gasteiger partial charge in [0.25, 0.3) is 0 Å². The maximum Gasteiger partial charge on any atom is 0.216 e. The van der Waals surface area contributed by atoms with Crippen LogP contribution in [0.2, 0.25) is 0 Å². The van der Waals surface area contributed by atoms with Crippen molar-refractivity contribution < 1.29 is 18.9 Å². The van der Waals surface area contributed by atoms with E-state index in [0.29, 0.717) is 19.0 Å². The van der Waals surface area contributed by atoms with Crippen LogP contribution in [-0.4, -0.2) is 72.2 Å². The standard InChI is InChI=1S/C33H38N4O4/c1-25(41-31-4-2-3-19-39-31)32-34-15-16-37(32)23-30-24-40-33(35-30)29-13-11-27(12-14-29)6-5-26-7-9-28(10-8-26)22-36-17-20-38-21-18-36/h7-16,25,30-31H,2-4,17-24H2,1H3/t25-,30?,31?/m0/s1. The van der Waals surface area contributed by atoms with Crippen LogP contribution < -0.4 is 0 Å². The number of ether oxygens (including phenoxy) is 4. The zero-order chi connectivity index (χ0) is 27.9. The number of aliphatic imine (C=N–C) groups is 1. The molecule has 2 unspecified atom stereocenters. The molecule has 2 aromatic carbocycles. The van der Waals surface area contributed by atoms with Crippen molar-refractivity contribution in [2.75, 3.05) is 39.5 Å². The van der Waals surface area contributed by atoms with Crippen molar-refractivity contribution in [3.8, 4) is 11.8 Å². The molecule has 6 rings (SSSR count). The van der Waals surface area contributed by atoms with Crippen LogP contribution in [0.15, 0.2) is 65.9 Å². The van der Waals surface area contributed by atoms with Gasteiger partial charge in [0.2, 0.25) is 5.90 Å². The van der Waals surface area contributed by atoms with E-state index in [4.69, 9.17) is 23.9 Å². The predicted octanol–water partition coefficient (Wildman–Crippen LogP) is 4.56. The van der Waals surface area contributed by atoms with E-state index in [2.05, 4.69) is 50.6 Å². The number of hydrogen-bond acceptors (Lipinski definition) is 7. The van der Waals surface area contributed by atoms with Gasteiger partial charge in [0.1, 0.15) is 24.6 Å².